The van der Waals surface area contributed by atoms with Crippen molar-refractivity contribution in [3.8, 4) is 0 Å². The van der Waals surface area contributed by atoms with E-state index in [1.165, 1.54) is 12.8 Å². The van der Waals surface area contributed by atoms with Crippen LogP contribution >= 0.6 is 12.6 Å². The highest BCUT2D eigenvalue weighted by atomic mass is 32.1. The highest BCUT2D eigenvalue weighted by Crippen LogP contribution is 2.07. The molecule has 0 spiro atoms. The molecule has 0 aromatic rings. The lowest BCUT2D eigenvalue weighted by atomic mass is 10.1. The first kappa shape index (κ1) is 11.2. The summed E-state index contributed by atoms with van der Waals surface area (Å²) in [5.74, 6) is 1.90. The van der Waals surface area contributed by atoms with E-state index < -0.39 is 0 Å². The van der Waals surface area contributed by atoms with Gasteiger partial charge in [-0.25, -0.2) is 0 Å². The fourth-order valence-corrected chi connectivity index (χ4v) is 1.06. The fourth-order valence-electron chi connectivity index (χ4n) is 0.547. The smallest absolute Gasteiger partial charge is 0.00697 e. The number of rotatable bonds is 3. The lowest BCUT2D eigenvalue weighted by Gasteiger charge is -2.04. The zero-order valence-electron chi connectivity index (χ0n) is 5.15. The molecule has 0 aromatic carbocycles. The molecule has 8 heavy (non-hydrogen) atoms. The normalized spacial score (nSPS) is 9.00. The average molecular weight is 134 g/mol. The van der Waals surface area contributed by atoms with Crippen molar-refractivity contribution >= 4 is 12.6 Å². The molecule has 0 fully saturated rings. The minimum atomic E-state index is 0. The second-order valence-electron chi connectivity index (χ2n) is 1.87. The van der Waals surface area contributed by atoms with Gasteiger partial charge in [0, 0.05) is 0 Å². The first-order valence-electron chi connectivity index (χ1n) is 2.96. The number of hydrogen-bond donors (Lipinski definition) is 1. The lowest BCUT2D eigenvalue weighted by molar-refractivity contribution is 0.555. The van der Waals surface area contributed by atoms with Gasteiger partial charge in [0.1, 0.15) is 0 Å². The highest BCUT2D eigenvalue weighted by molar-refractivity contribution is 7.80. The maximum absolute atomic E-state index is 4.18. The van der Waals surface area contributed by atoms with E-state index in [1.807, 2.05) is 0 Å². The molecule has 0 saturated carbocycles. The molecule has 52 valence electrons. The third-order valence-electron chi connectivity index (χ3n) is 1.41. The van der Waals surface area contributed by atoms with Crippen molar-refractivity contribution in [3.05, 3.63) is 0 Å². The topological polar surface area (TPSA) is 0 Å². The van der Waals surface area contributed by atoms with E-state index in [4.69, 9.17) is 0 Å². The van der Waals surface area contributed by atoms with E-state index in [0.717, 1.165) is 11.7 Å². The Labute approximate surface area is 59.1 Å². The fraction of sp³-hybridized carbons (Fsp3) is 1.00. The molecule has 0 atom stereocenters. The Kier molecular flexibility index (Phi) is 10.3. The summed E-state index contributed by atoms with van der Waals surface area (Å²) in [6.45, 7) is 4.43. The molecular weight excluding hydrogens is 116 g/mol. The van der Waals surface area contributed by atoms with Crippen LogP contribution in [0.15, 0.2) is 0 Å². The Hall–Kier alpha value is 0.350. The van der Waals surface area contributed by atoms with Gasteiger partial charge in [0.25, 0.3) is 0 Å². The Morgan fingerprint density at radius 2 is 1.62 bits per heavy atom. The van der Waals surface area contributed by atoms with Gasteiger partial charge in [-0.15, -0.1) is 0 Å². The minimum absolute atomic E-state index is 0. The van der Waals surface area contributed by atoms with Crippen molar-refractivity contribution in [3.63, 3.8) is 0 Å². The van der Waals surface area contributed by atoms with E-state index >= 15 is 0 Å². The number of hydrogen-bond acceptors (Lipinski definition) is 1. The van der Waals surface area contributed by atoms with E-state index in [-0.39, 0.29) is 7.43 Å². The Balaban J connectivity index is 0. The maximum atomic E-state index is 4.18. The molecule has 0 saturated heterocycles. The van der Waals surface area contributed by atoms with Gasteiger partial charge in [0.2, 0.25) is 0 Å². The molecule has 0 radical (unpaired) electrons. The van der Waals surface area contributed by atoms with Crippen LogP contribution in [-0.4, -0.2) is 5.75 Å². The second-order valence-corrected chi connectivity index (χ2v) is 2.23. The van der Waals surface area contributed by atoms with Gasteiger partial charge in [-0.2, -0.15) is 12.6 Å². The standard InChI is InChI=1S/C6H14S.CH4/c1-3-6(4-2)5-7;/h6-7H,3-5H2,1-2H3;1H4. The van der Waals surface area contributed by atoms with Crippen molar-refractivity contribution in [2.24, 2.45) is 5.92 Å². The van der Waals surface area contributed by atoms with Gasteiger partial charge >= 0.3 is 0 Å². The summed E-state index contributed by atoms with van der Waals surface area (Å²) in [6, 6.07) is 0. The van der Waals surface area contributed by atoms with Gasteiger partial charge < -0.3 is 0 Å². The SMILES string of the molecule is C.CCC(CC)CS. The van der Waals surface area contributed by atoms with Crippen molar-refractivity contribution < 1.29 is 0 Å². The molecule has 0 rings (SSSR count). The summed E-state index contributed by atoms with van der Waals surface area (Å²) < 4.78 is 0. The highest BCUT2D eigenvalue weighted by Gasteiger charge is 1.96. The zero-order chi connectivity index (χ0) is 5.70. The molecule has 0 unspecified atom stereocenters. The van der Waals surface area contributed by atoms with Crippen LogP contribution in [0.2, 0.25) is 0 Å². The summed E-state index contributed by atoms with van der Waals surface area (Å²) in [4.78, 5) is 0. The molecule has 0 N–H and O–H groups in total. The predicted octanol–water partition coefficient (Wildman–Crippen LogP) is 2.99. The third-order valence-corrected chi connectivity index (χ3v) is 1.93. The molecule has 0 amide bonds. The molecule has 0 aliphatic heterocycles. The van der Waals surface area contributed by atoms with Crippen molar-refractivity contribution in [1.82, 2.24) is 0 Å². The summed E-state index contributed by atoms with van der Waals surface area (Å²) in [6.07, 6.45) is 2.56. The van der Waals surface area contributed by atoms with Crippen LogP contribution in [0.4, 0.5) is 0 Å². The molecular formula is C7H18S. The molecule has 0 aliphatic carbocycles. The van der Waals surface area contributed by atoms with Crippen molar-refractivity contribution in [2.45, 2.75) is 34.1 Å². The summed E-state index contributed by atoms with van der Waals surface area (Å²) in [5.41, 5.74) is 0. The molecule has 0 nitrogen and oxygen atoms in total. The maximum Gasteiger partial charge on any atom is -0.00697 e. The zero-order valence-corrected chi connectivity index (χ0v) is 6.04. The van der Waals surface area contributed by atoms with Crippen LogP contribution in [0, 0.1) is 5.92 Å². The minimum Gasteiger partial charge on any atom is -0.179 e. The summed E-state index contributed by atoms with van der Waals surface area (Å²) in [5, 5.41) is 0. The Morgan fingerprint density at radius 1 is 1.25 bits per heavy atom. The van der Waals surface area contributed by atoms with Crippen LogP contribution in [-0.2, 0) is 0 Å². The van der Waals surface area contributed by atoms with Crippen molar-refractivity contribution in [2.75, 3.05) is 5.75 Å². The average Bonchev–Trinajstić information content (AvgIpc) is 1.72. The van der Waals surface area contributed by atoms with Crippen LogP contribution in [0.3, 0.4) is 0 Å². The van der Waals surface area contributed by atoms with Crippen LogP contribution < -0.4 is 0 Å². The molecule has 0 heterocycles. The van der Waals surface area contributed by atoms with E-state index in [1.54, 1.807) is 0 Å². The number of thiol groups is 1. The second kappa shape index (κ2) is 7.35. The van der Waals surface area contributed by atoms with Gasteiger partial charge in [-0.1, -0.05) is 34.1 Å². The van der Waals surface area contributed by atoms with Gasteiger partial charge in [-0.3, -0.25) is 0 Å². The largest absolute Gasteiger partial charge is 0.179 e. The monoisotopic (exact) mass is 134 g/mol. The third kappa shape index (κ3) is 4.51. The quantitative estimate of drug-likeness (QED) is 0.564. The van der Waals surface area contributed by atoms with E-state index in [0.29, 0.717) is 0 Å². The summed E-state index contributed by atoms with van der Waals surface area (Å²) in [7, 11) is 0. The van der Waals surface area contributed by atoms with Gasteiger partial charge in [-0.05, 0) is 11.7 Å². The van der Waals surface area contributed by atoms with Crippen LogP contribution in [0.5, 0.6) is 0 Å². The molecule has 0 aliphatic rings. The lowest BCUT2D eigenvalue weighted by Crippen LogP contribution is -1.96. The van der Waals surface area contributed by atoms with Gasteiger partial charge in [0.05, 0.1) is 0 Å². The van der Waals surface area contributed by atoms with Crippen molar-refractivity contribution in [1.29, 1.82) is 0 Å². The van der Waals surface area contributed by atoms with Gasteiger partial charge in [0.15, 0.2) is 0 Å². The van der Waals surface area contributed by atoms with Crippen LogP contribution in [0.25, 0.3) is 0 Å². The van der Waals surface area contributed by atoms with E-state index in [9.17, 15) is 0 Å². The first-order valence-corrected chi connectivity index (χ1v) is 3.59. The molecule has 0 aromatic heterocycles. The van der Waals surface area contributed by atoms with E-state index in [2.05, 4.69) is 26.5 Å². The molecule has 1 heteroatoms. The van der Waals surface area contributed by atoms with Crippen LogP contribution in [0.1, 0.15) is 34.1 Å². The molecule has 0 bridgehead atoms. The Bertz CT molecular complexity index is 25.9. The Morgan fingerprint density at radius 3 is 1.62 bits per heavy atom. The predicted molar refractivity (Wildman–Crippen MR) is 44.7 cm³/mol. The summed E-state index contributed by atoms with van der Waals surface area (Å²) >= 11 is 4.18. The first-order chi connectivity index (χ1) is 3.35.